The lowest BCUT2D eigenvalue weighted by molar-refractivity contribution is -0.118. The van der Waals surface area contributed by atoms with Crippen LogP contribution in [0, 0.1) is 5.41 Å². The number of para-hydroxylation sites is 1. The van der Waals surface area contributed by atoms with Crippen LogP contribution in [0.2, 0.25) is 0 Å². The summed E-state index contributed by atoms with van der Waals surface area (Å²) in [5.74, 6) is 0.157. The van der Waals surface area contributed by atoms with E-state index in [0.717, 1.165) is 20.8 Å². The third-order valence-electron chi connectivity index (χ3n) is 3.72. The molecule has 1 heterocycles. The van der Waals surface area contributed by atoms with Crippen molar-refractivity contribution in [2.75, 3.05) is 16.4 Å². The Bertz CT molecular complexity index is 959. The Labute approximate surface area is 172 Å². The topological polar surface area (TPSA) is 71.1 Å². The molecule has 0 aliphatic carbocycles. The molecule has 2 N–H and O–H groups in total. The number of hydrogen-bond acceptors (Lipinski definition) is 5. The normalized spacial score (nSPS) is 11.4. The number of amides is 2. The first kappa shape index (κ1) is 20.4. The van der Waals surface area contributed by atoms with Crippen LogP contribution < -0.4 is 10.6 Å². The monoisotopic (exact) mass is 413 g/mol. The number of carbonyl (C=O) groups is 2. The van der Waals surface area contributed by atoms with Gasteiger partial charge in [-0.2, -0.15) is 0 Å². The molecule has 1 aromatic heterocycles. The number of nitrogens with zero attached hydrogens (tertiary/aromatic N) is 1. The second-order valence-corrected chi connectivity index (χ2v) is 9.72. The number of anilines is 2. The number of fused-ring (bicyclic) bond motifs is 1. The molecule has 0 aliphatic heterocycles. The van der Waals surface area contributed by atoms with E-state index in [1.807, 2.05) is 69.3 Å². The van der Waals surface area contributed by atoms with Crippen molar-refractivity contribution in [2.24, 2.45) is 5.41 Å². The van der Waals surface area contributed by atoms with Gasteiger partial charge in [-0.3, -0.25) is 9.59 Å². The molecule has 5 nitrogen and oxygen atoms in total. The van der Waals surface area contributed by atoms with E-state index in [2.05, 4.69) is 15.6 Å². The number of thiazole rings is 1. The van der Waals surface area contributed by atoms with Gasteiger partial charge in [-0.15, -0.1) is 11.8 Å². The lowest BCUT2D eigenvalue weighted by atomic mass is 9.92. The molecule has 0 fully saturated rings. The molecule has 3 aromatic rings. The first-order chi connectivity index (χ1) is 13.3. The molecular weight excluding hydrogens is 390 g/mol. The number of benzene rings is 2. The van der Waals surface area contributed by atoms with Gasteiger partial charge in [0, 0.05) is 17.0 Å². The Morgan fingerprint density at radius 1 is 1.04 bits per heavy atom. The van der Waals surface area contributed by atoms with E-state index < -0.39 is 0 Å². The van der Waals surface area contributed by atoms with Gasteiger partial charge in [-0.05, 0) is 35.7 Å². The molecule has 0 saturated heterocycles. The van der Waals surface area contributed by atoms with E-state index in [1.165, 1.54) is 23.1 Å². The lowest BCUT2D eigenvalue weighted by Gasteiger charge is -2.17. The smallest absolute Gasteiger partial charge is 0.236 e. The molecule has 146 valence electrons. The lowest BCUT2D eigenvalue weighted by Crippen LogP contribution is -2.19. The van der Waals surface area contributed by atoms with Crippen LogP contribution in [0.4, 0.5) is 10.8 Å². The van der Waals surface area contributed by atoms with E-state index in [1.54, 1.807) is 0 Å². The molecule has 7 heteroatoms. The maximum absolute atomic E-state index is 12.2. The summed E-state index contributed by atoms with van der Waals surface area (Å²) in [7, 11) is 0. The van der Waals surface area contributed by atoms with Crippen LogP contribution in [0.1, 0.15) is 27.2 Å². The summed E-state index contributed by atoms with van der Waals surface area (Å²) < 4.78 is 1.05. The fraction of sp³-hybridized carbons (Fsp3) is 0.286. The SMILES string of the molecule is CC(C)(C)CC(=O)Nc1cccc(SCC(=O)Nc2nc3ccccc3s2)c1. The summed E-state index contributed by atoms with van der Waals surface area (Å²) >= 11 is 2.88. The maximum atomic E-state index is 12.2. The quantitative estimate of drug-likeness (QED) is 0.531. The van der Waals surface area contributed by atoms with Crippen LogP contribution in [0.5, 0.6) is 0 Å². The van der Waals surface area contributed by atoms with E-state index in [-0.39, 0.29) is 23.0 Å². The zero-order valence-corrected chi connectivity index (χ0v) is 17.7. The largest absolute Gasteiger partial charge is 0.326 e. The van der Waals surface area contributed by atoms with Gasteiger partial charge in [0.05, 0.1) is 16.0 Å². The van der Waals surface area contributed by atoms with Gasteiger partial charge in [0.25, 0.3) is 0 Å². The van der Waals surface area contributed by atoms with Gasteiger partial charge in [-0.25, -0.2) is 4.98 Å². The molecule has 0 atom stereocenters. The van der Waals surface area contributed by atoms with E-state index in [4.69, 9.17) is 0 Å². The Hall–Kier alpha value is -2.38. The molecule has 0 spiro atoms. The molecule has 0 radical (unpaired) electrons. The average molecular weight is 414 g/mol. The average Bonchev–Trinajstić information content (AvgIpc) is 3.00. The van der Waals surface area contributed by atoms with Crippen LogP contribution in [-0.4, -0.2) is 22.6 Å². The first-order valence-corrected chi connectivity index (χ1v) is 10.8. The van der Waals surface area contributed by atoms with Gasteiger partial charge in [-0.1, -0.05) is 50.3 Å². The van der Waals surface area contributed by atoms with Crippen molar-refractivity contribution in [3.05, 3.63) is 48.5 Å². The summed E-state index contributed by atoms with van der Waals surface area (Å²) in [6.07, 6.45) is 0.453. The highest BCUT2D eigenvalue weighted by atomic mass is 32.2. The summed E-state index contributed by atoms with van der Waals surface area (Å²) in [4.78, 5) is 29.7. The highest BCUT2D eigenvalue weighted by Gasteiger charge is 2.16. The fourth-order valence-electron chi connectivity index (χ4n) is 2.58. The first-order valence-electron chi connectivity index (χ1n) is 8.97. The van der Waals surface area contributed by atoms with E-state index >= 15 is 0 Å². The van der Waals surface area contributed by atoms with Crippen LogP contribution >= 0.6 is 23.1 Å². The standard InChI is InChI=1S/C21H23N3O2S2/c1-21(2,3)12-18(25)22-14-7-6-8-15(11-14)27-13-19(26)24-20-23-16-9-4-5-10-17(16)28-20/h4-11H,12-13H2,1-3H3,(H,22,25)(H,23,24,26). The van der Waals surface area contributed by atoms with E-state index in [0.29, 0.717) is 11.6 Å². The van der Waals surface area contributed by atoms with Crippen LogP contribution in [-0.2, 0) is 9.59 Å². The van der Waals surface area contributed by atoms with Gasteiger partial charge in [0.2, 0.25) is 11.8 Å². The number of hydrogen-bond donors (Lipinski definition) is 2. The predicted molar refractivity (Wildman–Crippen MR) is 118 cm³/mol. The van der Waals surface area contributed by atoms with Crippen molar-refractivity contribution in [3.8, 4) is 0 Å². The third-order valence-corrected chi connectivity index (χ3v) is 5.66. The van der Waals surface area contributed by atoms with Gasteiger partial charge >= 0.3 is 0 Å². The summed E-state index contributed by atoms with van der Waals surface area (Å²) in [5.41, 5.74) is 1.56. The van der Waals surface area contributed by atoms with Crippen molar-refractivity contribution in [3.63, 3.8) is 0 Å². The Kier molecular flexibility index (Phi) is 6.36. The van der Waals surface area contributed by atoms with Crippen LogP contribution in [0.25, 0.3) is 10.2 Å². The van der Waals surface area contributed by atoms with Gasteiger partial charge in [0.1, 0.15) is 0 Å². The third kappa shape index (κ3) is 6.07. The molecule has 3 rings (SSSR count). The number of carbonyl (C=O) groups excluding carboxylic acids is 2. The van der Waals surface area contributed by atoms with Crippen molar-refractivity contribution in [1.82, 2.24) is 4.98 Å². The highest BCUT2D eigenvalue weighted by molar-refractivity contribution is 8.00. The maximum Gasteiger partial charge on any atom is 0.236 e. The summed E-state index contributed by atoms with van der Waals surface area (Å²) in [5, 5.41) is 6.38. The summed E-state index contributed by atoms with van der Waals surface area (Å²) in [6, 6.07) is 15.3. The molecule has 0 saturated carbocycles. The predicted octanol–water partition coefficient (Wildman–Crippen LogP) is 5.40. The molecule has 0 aliphatic rings. The second kappa shape index (κ2) is 8.75. The molecule has 28 heavy (non-hydrogen) atoms. The van der Waals surface area contributed by atoms with Crippen LogP contribution in [0.15, 0.2) is 53.4 Å². The molecule has 0 bridgehead atoms. The summed E-state index contributed by atoms with van der Waals surface area (Å²) in [6.45, 7) is 6.09. The second-order valence-electron chi connectivity index (χ2n) is 7.64. The molecule has 2 amide bonds. The van der Waals surface area contributed by atoms with Crippen molar-refractivity contribution in [2.45, 2.75) is 32.1 Å². The minimum absolute atomic E-state index is 0.0109. The van der Waals surface area contributed by atoms with Crippen molar-refractivity contribution >= 4 is 55.9 Å². The molecular formula is C21H23N3O2S2. The van der Waals surface area contributed by atoms with Crippen LogP contribution in [0.3, 0.4) is 0 Å². The highest BCUT2D eigenvalue weighted by Crippen LogP contribution is 2.27. The van der Waals surface area contributed by atoms with Gasteiger partial charge < -0.3 is 10.6 Å². The number of nitrogens with one attached hydrogen (secondary N) is 2. The minimum Gasteiger partial charge on any atom is -0.326 e. The fourth-order valence-corrected chi connectivity index (χ4v) is 4.22. The Morgan fingerprint density at radius 3 is 2.57 bits per heavy atom. The number of aromatic nitrogens is 1. The molecule has 2 aromatic carbocycles. The zero-order valence-electron chi connectivity index (χ0n) is 16.1. The zero-order chi connectivity index (χ0) is 20.1. The van der Waals surface area contributed by atoms with Crippen molar-refractivity contribution in [1.29, 1.82) is 0 Å². The van der Waals surface area contributed by atoms with Gasteiger partial charge in [0.15, 0.2) is 5.13 Å². The number of rotatable bonds is 6. The van der Waals surface area contributed by atoms with Crippen molar-refractivity contribution < 1.29 is 9.59 Å². The Balaban J connectivity index is 1.54. The van der Waals surface area contributed by atoms with E-state index in [9.17, 15) is 9.59 Å². The molecule has 0 unspecified atom stereocenters. The minimum atomic E-state index is -0.105. The number of thioether (sulfide) groups is 1. The Morgan fingerprint density at radius 2 is 1.82 bits per heavy atom.